The number of aliphatic hydroxyl groups is 2. The molecular formula is C6H11N2O6P. The van der Waals surface area contributed by atoms with Crippen molar-refractivity contribution >= 4 is 20.4 Å². The minimum absolute atomic E-state index is 0.675. The second-order valence-corrected chi connectivity index (χ2v) is 4.14. The van der Waals surface area contributed by atoms with Crippen molar-refractivity contribution in [3.05, 3.63) is 0 Å². The van der Waals surface area contributed by atoms with Gasteiger partial charge in [-0.25, -0.2) is 9.56 Å². The number of nitrogens with zero attached hydrogens (tertiary/aromatic N) is 2. The molecule has 9 heteroatoms. The van der Waals surface area contributed by atoms with Gasteiger partial charge in [-0.1, -0.05) is 0 Å². The number of hydrogen-bond donors (Lipinski definition) is 4. The van der Waals surface area contributed by atoms with Gasteiger partial charge in [-0.05, 0) is 0 Å². The van der Waals surface area contributed by atoms with E-state index in [1.54, 1.807) is 0 Å². The first-order chi connectivity index (χ1) is 6.90. The lowest BCUT2D eigenvalue weighted by molar-refractivity contribution is -0.0150. The van der Waals surface area contributed by atoms with Gasteiger partial charge in [0.2, 0.25) is 0 Å². The van der Waals surface area contributed by atoms with Gasteiger partial charge < -0.3 is 20.0 Å². The molecule has 0 saturated carbocycles. The Hall–Kier alpha value is -0.630. The molecule has 8 nitrogen and oxygen atoms in total. The van der Waals surface area contributed by atoms with Gasteiger partial charge in [-0.15, -0.1) is 0 Å². The van der Waals surface area contributed by atoms with Crippen LogP contribution in [0.5, 0.6) is 0 Å². The standard InChI is InChI=1S/C6H11N2O6P/c9-5(2-14-15(11,12)13)6(10)4-1-7-3-8-4/h1,3-6,9-10H,2H2,(H2,11,12,13)/t4?,5-,6+/m1/s1. The minimum atomic E-state index is -4.63. The van der Waals surface area contributed by atoms with E-state index >= 15 is 0 Å². The van der Waals surface area contributed by atoms with Crippen molar-refractivity contribution in [1.82, 2.24) is 0 Å². The summed E-state index contributed by atoms with van der Waals surface area (Å²) in [7, 11) is -4.63. The van der Waals surface area contributed by atoms with E-state index in [0.29, 0.717) is 0 Å². The Labute approximate surface area is 85.2 Å². The zero-order chi connectivity index (χ0) is 11.5. The molecule has 15 heavy (non-hydrogen) atoms. The highest BCUT2D eigenvalue weighted by Gasteiger charge is 2.28. The fourth-order valence-electron chi connectivity index (χ4n) is 0.957. The van der Waals surface area contributed by atoms with Gasteiger partial charge in [0.05, 0.1) is 6.61 Å². The van der Waals surface area contributed by atoms with Gasteiger partial charge in [-0.2, -0.15) is 0 Å². The molecule has 4 N–H and O–H groups in total. The number of aliphatic imine (C=N–C) groups is 2. The topological polar surface area (TPSA) is 132 Å². The lowest BCUT2D eigenvalue weighted by Crippen LogP contribution is -2.39. The first kappa shape index (κ1) is 12.4. The summed E-state index contributed by atoms with van der Waals surface area (Å²) >= 11 is 0. The van der Waals surface area contributed by atoms with Crippen LogP contribution in [0.3, 0.4) is 0 Å². The summed E-state index contributed by atoms with van der Waals surface area (Å²) in [6, 6.07) is -0.708. The lowest BCUT2D eigenvalue weighted by Gasteiger charge is -2.19. The summed E-state index contributed by atoms with van der Waals surface area (Å²) in [6.45, 7) is -0.675. The highest BCUT2D eigenvalue weighted by atomic mass is 31.2. The Bertz CT molecular complexity index is 301. The van der Waals surface area contributed by atoms with Crippen molar-refractivity contribution < 1.29 is 29.1 Å². The number of rotatable bonds is 5. The predicted molar refractivity (Wildman–Crippen MR) is 50.8 cm³/mol. The summed E-state index contributed by atoms with van der Waals surface area (Å²) in [5.41, 5.74) is 0. The quantitative estimate of drug-likeness (QED) is 0.422. The second-order valence-electron chi connectivity index (χ2n) is 2.90. The summed E-state index contributed by atoms with van der Waals surface area (Å²) in [5, 5.41) is 18.7. The number of aliphatic hydroxyl groups excluding tert-OH is 2. The van der Waals surface area contributed by atoms with E-state index in [1.807, 2.05) is 0 Å². The molecule has 3 atom stereocenters. The lowest BCUT2D eigenvalue weighted by atomic mass is 10.1. The second kappa shape index (κ2) is 4.93. The third kappa shape index (κ3) is 4.17. The highest BCUT2D eigenvalue weighted by Crippen LogP contribution is 2.35. The minimum Gasteiger partial charge on any atom is -0.388 e. The van der Waals surface area contributed by atoms with Crippen molar-refractivity contribution in [2.75, 3.05) is 6.61 Å². The summed E-state index contributed by atoms with van der Waals surface area (Å²) in [4.78, 5) is 24.0. The Morgan fingerprint density at radius 1 is 1.47 bits per heavy atom. The Morgan fingerprint density at radius 3 is 2.60 bits per heavy atom. The molecule has 1 aliphatic heterocycles. The first-order valence-corrected chi connectivity index (χ1v) is 5.54. The third-order valence-electron chi connectivity index (χ3n) is 1.70. The van der Waals surface area contributed by atoms with Crippen molar-refractivity contribution in [3.63, 3.8) is 0 Å². The molecule has 0 amide bonds. The summed E-state index contributed by atoms with van der Waals surface area (Å²) in [5.74, 6) is 0. The number of phosphoric acid groups is 1. The van der Waals surface area contributed by atoms with E-state index < -0.39 is 32.7 Å². The van der Waals surface area contributed by atoms with Crippen LogP contribution < -0.4 is 0 Å². The predicted octanol–water partition coefficient (Wildman–Crippen LogP) is -1.70. The molecule has 1 unspecified atom stereocenters. The smallest absolute Gasteiger partial charge is 0.388 e. The zero-order valence-electron chi connectivity index (χ0n) is 7.54. The SMILES string of the molecule is O=P(O)(O)OC[C@@H](O)[C@@H](O)C1C=NC=N1. The average molecular weight is 238 g/mol. The van der Waals surface area contributed by atoms with Crippen LogP contribution in [0, 0.1) is 0 Å². The maximum Gasteiger partial charge on any atom is 0.469 e. The van der Waals surface area contributed by atoms with Gasteiger partial charge >= 0.3 is 7.82 Å². The molecule has 86 valence electrons. The summed E-state index contributed by atoms with van der Waals surface area (Å²) in [6.07, 6.45) is -0.223. The molecule has 0 bridgehead atoms. The Balaban J connectivity index is 2.39. The van der Waals surface area contributed by atoms with E-state index in [-0.39, 0.29) is 0 Å². The molecule has 1 aliphatic rings. The van der Waals surface area contributed by atoms with Crippen LogP contribution in [-0.4, -0.2) is 57.4 Å². The fourth-order valence-corrected chi connectivity index (χ4v) is 1.30. The van der Waals surface area contributed by atoms with Crippen LogP contribution in [0.15, 0.2) is 9.98 Å². The Morgan fingerprint density at radius 2 is 2.13 bits per heavy atom. The molecule has 0 fully saturated rings. The molecule has 0 saturated heterocycles. The van der Waals surface area contributed by atoms with E-state index in [4.69, 9.17) is 9.79 Å². The van der Waals surface area contributed by atoms with Crippen molar-refractivity contribution in [2.45, 2.75) is 18.2 Å². The maximum atomic E-state index is 10.3. The average Bonchev–Trinajstić information content (AvgIpc) is 2.64. The first-order valence-electron chi connectivity index (χ1n) is 4.01. The van der Waals surface area contributed by atoms with Gasteiger partial charge in [0.25, 0.3) is 0 Å². The van der Waals surface area contributed by atoms with E-state index in [0.717, 1.165) is 0 Å². The van der Waals surface area contributed by atoms with Gasteiger partial charge in [0.1, 0.15) is 24.6 Å². The van der Waals surface area contributed by atoms with E-state index in [9.17, 15) is 14.8 Å². The number of phosphoric ester groups is 1. The fraction of sp³-hybridized carbons (Fsp3) is 0.667. The maximum absolute atomic E-state index is 10.3. The highest BCUT2D eigenvalue weighted by molar-refractivity contribution is 7.46. The molecule has 1 heterocycles. The van der Waals surface area contributed by atoms with Crippen molar-refractivity contribution in [3.8, 4) is 0 Å². The molecular weight excluding hydrogens is 227 g/mol. The van der Waals surface area contributed by atoms with Crippen LogP contribution >= 0.6 is 7.82 Å². The Kier molecular flexibility index (Phi) is 4.09. The van der Waals surface area contributed by atoms with Crippen LogP contribution in [-0.2, 0) is 9.09 Å². The van der Waals surface area contributed by atoms with Crippen LogP contribution in [0.2, 0.25) is 0 Å². The molecule has 1 rings (SSSR count). The zero-order valence-corrected chi connectivity index (χ0v) is 8.44. The van der Waals surface area contributed by atoms with E-state index in [1.165, 1.54) is 12.6 Å². The van der Waals surface area contributed by atoms with E-state index in [2.05, 4.69) is 14.5 Å². The molecule has 0 aromatic carbocycles. The molecule has 0 spiro atoms. The third-order valence-corrected chi connectivity index (χ3v) is 2.19. The van der Waals surface area contributed by atoms with Crippen molar-refractivity contribution in [2.24, 2.45) is 9.98 Å². The van der Waals surface area contributed by atoms with Crippen LogP contribution in [0.4, 0.5) is 0 Å². The van der Waals surface area contributed by atoms with Crippen molar-refractivity contribution in [1.29, 1.82) is 0 Å². The van der Waals surface area contributed by atoms with Gasteiger partial charge in [0.15, 0.2) is 0 Å². The molecule has 0 aromatic rings. The molecule has 0 radical (unpaired) electrons. The largest absolute Gasteiger partial charge is 0.469 e. The number of hydrogen-bond acceptors (Lipinski definition) is 6. The normalized spacial score (nSPS) is 24.4. The molecule has 0 aliphatic carbocycles. The van der Waals surface area contributed by atoms with Crippen LogP contribution in [0.25, 0.3) is 0 Å². The molecule has 0 aromatic heterocycles. The van der Waals surface area contributed by atoms with Gasteiger partial charge in [-0.3, -0.25) is 9.52 Å². The van der Waals surface area contributed by atoms with Crippen LogP contribution in [0.1, 0.15) is 0 Å². The monoisotopic (exact) mass is 238 g/mol. The summed E-state index contributed by atoms with van der Waals surface area (Å²) < 4.78 is 14.3. The van der Waals surface area contributed by atoms with Gasteiger partial charge in [0, 0.05) is 6.21 Å².